The predicted molar refractivity (Wildman–Crippen MR) is 129 cm³/mol. The van der Waals surface area contributed by atoms with Crippen molar-refractivity contribution in [1.29, 1.82) is 0 Å². The minimum atomic E-state index is -2.48. The number of hydrogen-bond acceptors (Lipinski definition) is 4. The third kappa shape index (κ3) is 4.17. The number of piperazine rings is 1. The highest BCUT2D eigenvalue weighted by Gasteiger charge is 2.46. The van der Waals surface area contributed by atoms with Crippen LogP contribution >= 0.6 is 0 Å². The molecule has 1 saturated heterocycles. The number of aromatic amines is 1. The maximum Gasteiger partial charge on any atom is 0.248 e. The van der Waals surface area contributed by atoms with Gasteiger partial charge in [0.2, 0.25) is 5.92 Å². The quantitative estimate of drug-likeness (QED) is 0.534. The first kappa shape index (κ1) is 23.1. The van der Waals surface area contributed by atoms with Gasteiger partial charge in [0, 0.05) is 61.7 Å². The summed E-state index contributed by atoms with van der Waals surface area (Å²) in [6, 6.07) is 5.71. The van der Waals surface area contributed by atoms with Crippen LogP contribution < -0.4 is 4.90 Å². The summed E-state index contributed by atoms with van der Waals surface area (Å²) in [7, 11) is 0. The minimum Gasteiger partial charge on any atom is -0.351 e. The smallest absolute Gasteiger partial charge is 0.248 e. The number of H-pyrrole nitrogens is 1. The van der Waals surface area contributed by atoms with Crippen molar-refractivity contribution in [2.45, 2.75) is 58.9 Å². The highest BCUT2D eigenvalue weighted by Crippen LogP contribution is 2.43. The molecule has 182 valence electrons. The molecular formula is C26H32F3N5. The van der Waals surface area contributed by atoms with Gasteiger partial charge in [0.1, 0.15) is 17.2 Å². The van der Waals surface area contributed by atoms with Crippen molar-refractivity contribution in [3.63, 3.8) is 0 Å². The number of aryl methyl sites for hydroxylation is 3. The Bertz CT molecular complexity index is 1210. The van der Waals surface area contributed by atoms with Gasteiger partial charge in [-0.1, -0.05) is 6.92 Å². The summed E-state index contributed by atoms with van der Waals surface area (Å²) in [6.07, 6.45) is 0.736. The molecule has 1 N–H and O–H groups in total. The lowest BCUT2D eigenvalue weighted by Gasteiger charge is -2.44. The van der Waals surface area contributed by atoms with Gasteiger partial charge >= 0.3 is 0 Å². The molecule has 2 aliphatic rings. The summed E-state index contributed by atoms with van der Waals surface area (Å²) >= 11 is 0. The molecular weight excluding hydrogens is 439 g/mol. The van der Waals surface area contributed by atoms with Crippen LogP contribution in [0.1, 0.15) is 43.5 Å². The Morgan fingerprint density at radius 3 is 2.53 bits per heavy atom. The van der Waals surface area contributed by atoms with Crippen molar-refractivity contribution in [3.8, 4) is 11.3 Å². The second-order valence-electron chi connectivity index (χ2n) is 10.1. The van der Waals surface area contributed by atoms with E-state index in [9.17, 15) is 8.78 Å². The second kappa shape index (κ2) is 8.56. The van der Waals surface area contributed by atoms with Crippen molar-refractivity contribution in [1.82, 2.24) is 20.1 Å². The number of nitrogens with zero attached hydrogens (tertiary/aromatic N) is 4. The SMILES string of the molecule is CCc1cc(F)c2nc(N3CCN(CC4CC(F)(F)C4)C[C@H]3C)c(-c3cc(C)[nH]n3)c(C)c2c1. The van der Waals surface area contributed by atoms with Crippen LogP contribution in [-0.2, 0) is 6.42 Å². The predicted octanol–water partition coefficient (Wildman–Crippen LogP) is 5.50. The molecule has 1 atom stereocenters. The average molecular weight is 472 g/mol. The summed E-state index contributed by atoms with van der Waals surface area (Å²) in [5.41, 5.74) is 4.95. The van der Waals surface area contributed by atoms with E-state index in [0.29, 0.717) is 18.6 Å². The molecule has 5 rings (SSSR count). The van der Waals surface area contributed by atoms with E-state index in [1.165, 1.54) is 0 Å². The Kier molecular flexibility index (Phi) is 5.82. The summed E-state index contributed by atoms with van der Waals surface area (Å²) in [4.78, 5) is 9.39. The molecule has 1 aliphatic carbocycles. The number of nitrogens with one attached hydrogen (secondary N) is 1. The normalized spacial score (nSPS) is 21.3. The van der Waals surface area contributed by atoms with Gasteiger partial charge in [0.15, 0.2) is 0 Å². The molecule has 0 bridgehead atoms. The number of hydrogen-bond donors (Lipinski definition) is 1. The number of alkyl halides is 2. The maximum absolute atomic E-state index is 15.1. The van der Waals surface area contributed by atoms with E-state index < -0.39 is 5.92 Å². The number of anilines is 1. The molecule has 0 unspecified atom stereocenters. The van der Waals surface area contributed by atoms with Crippen LogP contribution in [-0.4, -0.2) is 58.2 Å². The van der Waals surface area contributed by atoms with E-state index in [-0.39, 0.29) is 30.6 Å². The molecule has 0 amide bonds. The van der Waals surface area contributed by atoms with Crippen LogP contribution in [0.3, 0.4) is 0 Å². The maximum atomic E-state index is 15.1. The van der Waals surface area contributed by atoms with Gasteiger partial charge in [0.05, 0.1) is 5.69 Å². The number of fused-ring (bicyclic) bond motifs is 1. The van der Waals surface area contributed by atoms with E-state index in [2.05, 4.69) is 26.9 Å². The zero-order valence-electron chi connectivity index (χ0n) is 20.3. The molecule has 0 spiro atoms. The van der Waals surface area contributed by atoms with Crippen LogP contribution in [0.25, 0.3) is 22.2 Å². The Morgan fingerprint density at radius 1 is 1.15 bits per heavy atom. The molecule has 2 aromatic heterocycles. The molecule has 3 heterocycles. The van der Waals surface area contributed by atoms with Gasteiger partial charge < -0.3 is 4.90 Å². The van der Waals surface area contributed by atoms with Crippen LogP contribution in [0.15, 0.2) is 18.2 Å². The van der Waals surface area contributed by atoms with Crippen molar-refractivity contribution >= 4 is 16.7 Å². The standard InChI is InChI=1S/C26H32F3N5/c1-5-18-9-20-17(4)23(22-8-15(2)31-32-22)25(30-24(20)21(27)10-18)34-7-6-33(13-16(34)3)14-19-11-26(28,29)12-19/h8-10,16,19H,5-7,11-14H2,1-4H3,(H,31,32)/t16-/m1/s1. The number of benzene rings is 1. The largest absolute Gasteiger partial charge is 0.351 e. The molecule has 8 heteroatoms. The lowest BCUT2D eigenvalue weighted by Crippen LogP contribution is -2.54. The zero-order chi connectivity index (χ0) is 24.2. The molecule has 1 aromatic carbocycles. The fourth-order valence-electron chi connectivity index (χ4n) is 5.58. The van der Waals surface area contributed by atoms with E-state index >= 15 is 4.39 Å². The monoisotopic (exact) mass is 471 g/mol. The first-order valence-electron chi connectivity index (χ1n) is 12.2. The first-order valence-corrected chi connectivity index (χ1v) is 12.2. The Labute approximate surface area is 198 Å². The van der Waals surface area contributed by atoms with Gasteiger partial charge in [-0.3, -0.25) is 10.00 Å². The van der Waals surface area contributed by atoms with Crippen LogP contribution in [0, 0.1) is 25.6 Å². The number of rotatable bonds is 5. The lowest BCUT2D eigenvalue weighted by atomic mass is 9.81. The van der Waals surface area contributed by atoms with E-state index in [0.717, 1.165) is 58.8 Å². The third-order valence-corrected chi connectivity index (χ3v) is 7.39. The molecule has 2 fully saturated rings. The summed E-state index contributed by atoms with van der Waals surface area (Å²) in [6.45, 7) is 11.0. The molecule has 1 aliphatic heterocycles. The Hall–Kier alpha value is -2.61. The van der Waals surface area contributed by atoms with Gasteiger partial charge in [0.25, 0.3) is 0 Å². The van der Waals surface area contributed by atoms with Gasteiger partial charge in [-0.15, -0.1) is 0 Å². The highest BCUT2D eigenvalue weighted by atomic mass is 19.3. The van der Waals surface area contributed by atoms with E-state index in [4.69, 9.17) is 4.98 Å². The fraction of sp³-hybridized carbons (Fsp3) is 0.538. The van der Waals surface area contributed by atoms with Crippen molar-refractivity contribution in [2.75, 3.05) is 31.1 Å². The van der Waals surface area contributed by atoms with E-state index in [1.54, 1.807) is 6.07 Å². The van der Waals surface area contributed by atoms with Crippen LogP contribution in [0.5, 0.6) is 0 Å². The third-order valence-electron chi connectivity index (χ3n) is 7.39. The molecule has 5 nitrogen and oxygen atoms in total. The van der Waals surface area contributed by atoms with Crippen molar-refractivity contribution in [3.05, 3.63) is 40.8 Å². The second-order valence-corrected chi connectivity index (χ2v) is 10.1. The number of halogens is 3. The first-order chi connectivity index (χ1) is 16.1. The average Bonchev–Trinajstić information content (AvgIpc) is 3.18. The Balaban J connectivity index is 1.51. The van der Waals surface area contributed by atoms with Gasteiger partial charge in [-0.25, -0.2) is 18.2 Å². The number of aromatic nitrogens is 3. The molecule has 1 saturated carbocycles. The Morgan fingerprint density at radius 2 is 1.91 bits per heavy atom. The van der Waals surface area contributed by atoms with Crippen molar-refractivity contribution < 1.29 is 13.2 Å². The lowest BCUT2D eigenvalue weighted by molar-refractivity contribution is -0.116. The summed E-state index contributed by atoms with van der Waals surface area (Å²) < 4.78 is 41.7. The fourth-order valence-corrected chi connectivity index (χ4v) is 5.58. The van der Waals surface area contributed by atoms with Crippen molar-refractivity contribution in [2.24, 2.45) is 5.92 Å². The van der Waals surface area contributed by atoms with Crippen LogP contribution in [0.4, 0.5) is 19.0 Å². The molecule has 0 radical (unpaired) electrons. The van der Waals surface area contributed by atoms with E-state index in [1.807, 2.05) is 32.9 Å². The summed E-state index contributed by atoms with van der Waals surface area (Å²) in [5.74, 6) is -1.98. The highest BCUT2D eigenvalue weighted by molar-refractivity contribution is 5.94. The topological polar surface area (TPSA) is 48.1 Å². The zero-order valence-corrected chi connectivity index (χ0v) is 20.3. The van der Waals surface area contributed by atoms with Gasteiger partial charge in [-0.05, 0) is 62.4 Å². The number of pyridine rings is 1. The van der Waals surface area contributed by atoms with Crippen LogP contribution in [0.2, 0.25) is 0 Å². The molecule has 34 heavy (non-hydrogen) atoms. The summed E-state index contributed by atoms with van der Waals surface area (Å²) in [5, 5.41) is 8.36. The molecule has 3 aromatic rings. The minimum absolute atomic E-state index is 0.00525. The van der Waals surface area contributed by atoms with Gasteiger partial charge in [-0.2, -0.15) is 5.10 Å².